The Bertz CT molecular complexity index is 371. The van der Waals surface area contributed by atoms with E-state index >= 15 is 0 Å². The van der Waals surface area contributed by atoms with Crippen molar-refractivity contribution in [3.63, 3.8) is 0 Å². The van der Waals surface area contributed by atoms with Crippen LogP contribution in [0.2, 0.25) is 0 Å². The largest absolute Gasteiger partial charge is 0.313 e. The molecule has 0 saturated heterocycles. The number of aryl methyl sites for hydroxylation is 1. The highest BCUT2D eigenvalue weighted by Crippen LogP contribution is 2.34. The van der Waals surface area contributed by atoms with Crippen molar-refractivity contribution in [2.75, 3.05) is 6.54 Å². The first kappa shape index (κ1) is 15.1. The molecule has 0 bridgehead atoms. The van der Waals surface area contributed by atoms with E-state index in [1.807, 2.05) is 11.3 Å². The third-order valence-electron chi connectivity index (χ3n) is 4.45. The minimum absolute atomic E-state index is 0.702. The molecule has 19 heavy (non-hydrogen) atoms. The van der Waals surface area contributed by atoms with Crippen molar-refractivity contribution in [3.05, 3.63) is 21.9 Å². The van der Waals surface area contributed by atoms with Crippen molar-refractivity contribution in [1.82, 2.24) is 5.32 Å². The monoisotopic (exact) mass is 279 g/mol. The van der Waals surface area contributed by atoms with Crippen molar-refractivity contribution >= 4 is 11.3 Å². The van der Waals surface area contributed by atoms with Crippen LogP contribution in [0.15, 0.2) is 12.1 Å². The van der Waals surface area contributed by atoms with Crippen LogP contribution < -0.4 is 5.32 Å². The lowest BCUT2D eigenvalue weighted by atomic mass is 9.93. The van der Waals surface area contributed by atoms with Crippen molar-refractivity contribution in [3.8, 4) is 0 Å². The SMILES string of the molecule is CCCNC(Cc1ccc(CC)s1)C1CCC(C)C1. The maximum absolute atomic E-state index is 3.81. The Hall–Kier alpha value is -0.340. The van der Waals surface area contributed by atoms with Crippen LogP contribution in [-0.2, 0) is 12.8 Å². The smallest absolute Gasteiger partial charge is 0.0144 e. The molecule has 1 aliphatic carbocycles. The Morgan fingerprint density at radius 2 is 2.05 bits per heavy atom. The normalized spacial score (nSPS) is 24.8. The zero-order chi connectivity index (χ0) is 13.7. The topological polar surface area (TPSA) is 12.0 Å². The van der Waals surface area contributed by atoms with Crippen LogP contribution in [0.3, 0.4) is 0 Å². The van der Waals surface area contributed by atoms with E-state index in [9.17, 15) is 0 Å². The lowest BCUT2D eigenvalue weighted by molar-refractivity contribution is 0.350. The van der Waals surface area contributed by atoms with Crippen LogP contribution in [0.5, 0.6) is 0 Å². The molecule has 1 aliphatic rings. The maximum Gasteiger partial charge on any atom is 0.0144 e. The zero-order valence-electron chi connectivity index (χ0n) is 12.7. The van der Waals surface area contributed by atoms with E-state index in [2.05, 4.69) is 38.2 Å². The van der Waals surface area contributed by atoms with Gasteiger partial charge in [0.15, 0.2) is 0 Å². The molecule has 0 radical (unpaired) electrons. The molecule has 0 amide bonds. The Morgan fingerprint density at radius 3 is 2.63 bits per heavy atom. The van der Waals surface area contributed by atoms with Gasteiger partial charge in [0.1, 0.15) is 0 Å². The molecule has 0 aromatic carbocycles. The van der Waals surface area contributed by atoms with E-state index in [-0.39, 0.29) is 0 Å². The molecular formula is C17H29NS. The molecule has 3 atom stereocenters. The Labute approximate surface area is 122 Å². The summed E-state index contributed by atoms with van der Waals surface area (Å²) in [5.74, 6) is 1.83. The summed E-state index contributed by atoms with van der Waals surface area (Å²) in [6.45, 7) is 8.10. The fraction of sp³-hybridized carbons (Fsp3) is 0.765. The molecule has 0 aliphatic heterocycles. The molecule has 1 fully saturated rings. The zero-order valence-corrected chi connectivity index (χ0v) is 13.6. The first-order valence-corrected chi connectivity index (χ1v) is 8.85. The third kappa shape index (κ3) is 4.32. The summed E-state index contributed by atoms with van der Waals surface area (Å²) >= 11 is 2.01. The van der Waals surface area contributed by atoms with Gasteiger partial charge >= 0.3 is 0 Å². The van der Waals surface area contributed by atoms with Crippen LogP contribution in [0.4, 0.5) is 0 Å². The van der Waals surface area contributed by atoms with Gasteiger partial charge in [0.25, 0.3) is 0 Å². The molecule has 1 aromatic heterocycles. The highest BCUT2D eigenvalue weighted by atomic mass is 32.1. The minimum Gasteiger partial charge on any atom is -0.313 e. The van der Waals surface area contributed by atoms with Crippen LogP contribution in [0.25, 0.3) is 0 Å². The van der Waals surface area contributed by atoms with Gasteiger partial charge in [-0.3, -0.25) is 0 Å². The number of nitrogens with one attached hydrogen (secondary N) is 1. The average molecular weight is 279 g/mol. The molecule has 2 rings (SSSR count). The van der Waals surface area contributed by atoms with Crippen molar-refractivity contribution < 1.29 is 0 Å². The fourth-order valence-corrected chi connectivity index (χ4v) is 4.31. The summed E-state index contributed by atoms with van der Waals surface area (Å²) < 4.78 is 0. The Balaban J connectivity index is 1.96. The van der Waals surface area contributed by atoms with Gasteiger partial charge in [-0.05, 0) is 62.6 Å². The first-order valence-electron chi connectivity index (χ1n) is 8.03. The van der Waals surface area contributed by atoms with E-state index < -0.39 is 0 Å². The highest BCUT2D eigenvalue weighted by molar-refractivity contribution is 7.11. The number of thiophene rings is 1. The van der Waals surface area contributed by atoms with Gasteiger partial charge in [-0.2, -0.15) is 0 Å². The summed E-state index contributed by atoms with van der Waals surface area (Å²) in [6, 6.07) is 5.37. The van der Waals surface area contributed by atoms with Gasteiger partial charge < -0.3 is 5.32 Å². The van der Waals surface area contributed by atoms with E-state index in [4.69, 9.17) is 0 Å². The van der Waals surface area contributed by atoms with Gasteiger partial charge in [-0.25, -0.2) is 0 Å². The lowest BCUT2D eigenvalue weighted by Crippen LogP contribution is -2.37. The van der Waals surface area contributed by atoms with Gasteiger partial charge in [-0.1, -0.05) is 27.2 Å². The van der Waals surface area contributed by atoms with Gasteiger partial charge in [0.2, 0.25) is 0 Å². The predicted molar refractivity (Wildman–Crippen MR) is 86.0 cm³/mol. The quantitative estimate of drug-likeness (QED) is 0.765. The molecule has 1 aromatic rings. The molecule has 1 N–H and O–H groups in total. The molecular weight excluding hydrogens is 250 g/mol. The van der Waals surface area contributed by atoms with Gasteiger partial charge in [0, 0.05) is 15.8 Å². The second-order valence-electron chi connectivity index (χ2n) is 6.16. The van der Waals surface area contributed by atoms with Crippen molar-refractivity contribution in [2.45, 2.75) is 65.3 Å². The lowest BCUT2D eigenvalue weighted by Gasteiger charge is -2.24. The van der Waals surface area contributed by atoms with Crippen LogP contribution in [-0.4, -0.2) is 12.6 Å². The first-order chi connectivity index (χ1) is 9.22. The van der Waals surface area contributed by atoms with E-state index in [0.717, 1.165) is 11.8 Å². The number of hydrogen-bond donors (Lipinski definition) is 1. The molecule has 0 spiro atoms. The summed E-state index contributed by atoms with van der Waals surface area (Å²) in [4.78, 5) is 3.11. The number of hydrogen-bond acceptors (Lipinski definition) is 2. The Morgan fingerprint density at radius 1 is 1.26 bits per heavy atom. The summed E-state index contributed by atoms with van der Waals surface area (Å²) in [7, 11) is 0. The molecule has 3 unspecified atom stereocenters. The summed E-state index contributed by atoms with van der Waals surface area (Å²) in [5.41, 5.74) is 0. The summed E-state index contributed by atoms with van der Waals surface area (Å²) in [5, 5.41) is 3.81. The second-order valence-corrected chi connectivity index (χ2v) is 7.42. The molecule has 108 valence electrons. The maximum atomic E-state index is 3.81. The van der Waals surface area contributed by atoms with Gasteiger partial charge in [0.05, 0.1) is 0 Å². The molecule has 1 nitrogen and oxygen atoms in total. The van der Waals surface area contributed by atoms with Crippen molar-refractivity contribution in [1.29, 1.82) is 0 Å². The molecule has 1 heterocycles. The van der Waals surface area contributed by atoms with Crippen LogP contribution in [0.1, 0.15) is 56.2 Å². The van der Waals surface area contributed by atoms with Crippen molar-refractivity contribution in [2.24, 2.45) is 11.8 Å². The Kier molecular flexibility index (Phi) is 5.90. The molecule has 1 saturated carbocycles. The van der Waals surface area contributed by atoms with E-state index in [0.29, 0.717) is 6.04 Å². The highest BCUT2D eigenvalue weighted by Gasteiger charge is 2.28. The standard InChI is InChI=1S/C17H29NS/c1-4-10-18-17(14-7-6-13(3)11-14)12-16-9-8-15(5-2)19-16/h8-9,13-14,17-18H,4-7,10-12H2,1-3H3. The van der Waals surface area contributed by atoms with Gasteiger partial charge in [-0.15, -0.1) is 11.3 Å². The van der Waals surface area contributed by atoms with Crippen LogP contribution >= 0.6 is 11.3 Å². The van der Waals surface area contributed by atoms with Crippen LogP contribution in [0, 0.1) is 11.8 Å². The number of rotatable bonds is 7. The summed E-state index contributed by atoms with van der Waals surface area (Å²) in [6.07, 6.45) is 7.94. The molecule has 2 heteroatoms. The predicted octanol–water partition coefficient (Wildman–Crippen LogP) is 4.66. The fourth-order valence-electron chi connectivity index (χ4n) is 3.29. The van der Waals surface area contributed by atoms with E-state index in [1.54, 1.807) is 4.88 Å². The minimum atomic E-state index is 0.702. The second kappa shape index (κ2) is 7.44. The third-order valence-corrected chi connectivity index (χ3v) is 5.70. The van der Waals surface area contributed by atoms with E-state index in [1.165, 1.54) is 49.9 Å². The average Bonchev–Trinajstić information content (AvgIpc) is 3.03.